The van der Waals surface area contributed by atoms with Gasteiger partial charge in [-0.2, -0.15) is 0 Å². The van der Waals surface area contributed by atoms with Gasteiger partial charge in [-0.25, -0.2) is 9.13 Å². The molecule has 19 heteroatoms. The monoisotopic (exact) mass is 1430 g/mol. The molecule has 0 bridgehead atoms. The van der Waals surface area contributed by atoms with Crippen LogP contribution in [0.5, 0.6) is 0 Å². The fourth-order valence-corrected chi connectivity index (χ4v) is 12.4. The summed E-state index contributed by atoms with van der Waals surface area (Å²) in [6.07, 6.45) is 70.5. The lowest BCUT2D eigenvalue weighted by molar-refractivity contribution is -0.161. The lowest BCUT2D eigenvalue weighted by Gasteiger charge is -2.21. The molecule has 98 heavy (non-hydrogen) atoms. The number of phosphoric ester groups is 2. The van der Waals surface area contributed by atoms with Crippen LogP contribution in [0.3, 0.4) is 0 Å². The molecule has 17 nitrogen and oxygen atoms in total. The summed E-state index contributed by atoms with van der Waals surface area (Å²) in [5, 5.41) is 10.6. The van der Waals surface area contributed by atoms with E-state index in [9.17, 15) is 43.2 Å². The Labute approximate surface area is 597 Å². The fourth-order valence-electron chi connectivity index (χ4n) is 10.9. The Balaban J connectivity index is 5.31. The third-order valence-corrected chi connectivity index (χ3v) is 18.9. The van der Waals surface area contributed by atoms with Crippen LogP contribution in [0, 0.1) is 0 Å². The van der Waals surface area contributed by atoms with Crippen molar-refractivity contribution >= 4 is 39.5 Å². The predicted molar refractivity (Wildman–Crippen MR) is 400 cm³/mol. The Morgan fingerprint density at radius 1 is 0.286 bits per heavy atom. The molecular formula is C79H144O17P2. The van der Waals surface area contributed by atoms with Crippen molar-refractivity contribution in [2.24, 2.45) is 0 Å². The molecule has 0 radical (unpaired) electrons. The summed E-state index contributed by atoms with van der Waals surface area (Å²) >= 11 is 0. The molecule has 0 aromatic heterocycles. The highest BCUT2D eigenvalue weighted by Gasteiger charge is 2.30. The Bertz CT molecular complexity index is 2100. The lowest BCUT2D eigenvalue weighted by Crippen LogP contribution is -2.30. The highest BCUT2D eigenvalue weighted by molar-refractivity contribution is 7.47. The SMILES string of the molecule is CCCCC/C=C\C/C=C\C/C=C\CCCCCCCCC(=O)OCC(COP(=O)(O)OCC(O)COP(=O)(O)OCC(COC(=O)CCCCCCC/C=C\CCCCCC)OC(=O)CCCCCCCCCCCCCCC)OC(=O)CCCCCCC/C=C\CCCCCC. The number of carbonyl (C=O) groups is 4. The van der Waals surface area contributed by atoms with Crippen LogP contribution in [0.4, 0.5) is 0 Å². The molecule has 0 aliphatic rings. The minimum atomic E-state index is -4.97. The molecule has 5 unspecified atom stereocenters. The summed E-state index contributed by atoms with van der Waals surface area (Å²) in [5.41, 5.74) is 0. The number of hydrogen-bond donors (Lipinski definition) is 3. The summed E-state index contributed by atoms with van der Waals surface area (Å²) < 4.78 is 68.5. The zero-order valence-electron chi connectivity index (χ0n) is 62.5. The molecule has 572 valence electrons. The number of allylic oxidation sites excluding steroid dienone is 10. The van der Waals surface area contributed by atoms with Gasteiger partial charge in [0.2, 0.25) is 0 Å². The first-order valence-electron chi connectivity index (χ1n) is 39.5. The van der Waals surface area contributed by atoms with Gasteiger partial charge in [-0.15, -0.1) is 0 Å². The van der Waals surface area contributed by atoms with Gasteiger partial charge in [0, 0.05) is 25.7 Å². The zero-order valence-corrected chi connectivity index (χ0v) is 64.3. The van der Waals surface area contributed by atoms with Crippen molar-refractivity contribution in [3.05, 3.63) is 60.8 Å². The van der Waals surface area contributed by atoms with E-state index >= 15 is 0 Å². The van der Waals surface area contributed by atoms with Crippen molar-refractivity contribution in [3.8, 4) is 0 Å². The molecule has 5 atom stereocenters. The maximum absolute atomic E-state index is 13.1. The van der Waals surface area contributed by atoms with Crippen LogP contribution in [0.1, 0.15) is 362 Å². The van der Waals surface area contributed by atoms with E-state index in [0.29, 0.717) is 25.7 Å². The van der Waals surface area contributed by atoms with Gasteiger partial charge in [-0.3, -0.25) is 37.3 Å². The molecule has 0 fully saturated rings. The summed E-state index contributed by atoms with van der Waals surface area (Å²) in [5.74, 6) is -2.18. The number of phosphoric acid groups is 2. The molecule has 0 saturated carbocycles. The van der Waals surface area contributed by atoms with E-state index in [-0.39, 0.29) is 25.7 Å². The summed E-state index contributed by atoms with van der Waals surface area (Å²) in [7, 11) is -9.94. The smallest absolute Gasteiger partial charge is 0.462 e. The Kier molecular flexibility index (Phi) is 69.7. The minimum absolute atomic E-state index is 0.0854. The highest BCUT2D eigenvalue weighted by Crippen LogP contribution is 2.45. The summed E-state index contributed by atoms with van der Waals surface area (Å²) in [4.78, 5) is 72.9. The first-order chi connectivity index (χ1) is 47.7. The molecule has 0 amide bonds. The third-order valence-electron chi connectivity index (χ3n) is 17.0. The van der Waals surface area contributed by atoms with Gasteiger partial charge in [0.15, 0.2) is 12.2 Å². The van der Waals surface area contributed by atoms with Crippen LogP contribution < -0.4 is 0 Å². The van der Waals surface area contributed by atoms with Crippen molar-refractivity contribution in [2.45, 2.75) is 380 Å². The van der Waals surface area contributed by atoms with Gasteiger partial charge in [-0.1, -0.05) is 281 Å². The quantitative estimate of drug-likeness (QED) is 0.0169. The Morgan fingerprint density at radius 3 is 0.806 bits per heavy atom. The van der Waals surface area contributed by atoms with Gasteiger partial charge < -0.3 is 33.8 Å². The third kappa shape index (κ3) is 71.2. The molecule has 0 aliphatic carbocycles. The van der Waals surface area contributed by atoms with E-state index in [1.165, 1.54) is 122 Å². The van der Waals surface area contributed by atoms with E-state index < -0.39 is 97.5 Å². The largest absolute Gasteiger partial charge is 0.472 e. The second kappa shape index (κ2) is 72.1. The number of hydrogen-bond acceptors (Lipinski definition) is 15. The van der Waals surface area contributed by atoms with E-state index in [1.54, 1.807) is 0 Å². The van der Waals surface area contributed by atoms with Gasteiger partial charge in [0.25, 0.3) is 0 Å². The first kappa shape index (κ1) is 94.8. The topological polar surface area (TPSA) is 237 Å². The van der Waals surface area contributed by atoms with Crippen molar-refractivity contribution < 1.29 is 80.2 Å². The van der Waals surface area contributed by atoms with Crippen molar-refractivity contribution in [2.75, 3.05) is 39.6 Å². The predicted octanol–water partition coefficient (Wildman–Crippen LogP) is 22.7. The molecule has 0 aromatic rings. The number of carbonyl (C=O) groups excluding carboxylic acids is 4. The van der Waals surface area contributed by atoms with Gasteiger partial charge >= 0.3 is 39.5 Å². The van der Waals surface area contributed by atoms with Crippen LogP contribution in [0.25, 0.3) is 0 Å². The number of rotatable bonds is 75. The summed E-state index contributed by atoms with van der Waals surface area (Å²) in [6, 6.07) is 0. The highest BCUT2D eigenvalue weighted by atomic mass is 31.2. The van der Waals surface area contributed by atoms with Crippen LogP contribution >= 0.6 is 15.6 Å². The van der Waals surface area contributed by atoms with E-state index in [4.69, 9.17) is 37.0 Å². The molecule has 0 saturated heterocycles. The van der Waals surface area contributed by atoms with Gasteiger partial charge in [0.1, 0.15) is 19.3 Å². The average Bonchev–Trinajstić information content (AvgIpc) is 0.966. The molecule has 3 N–H and O–H groups in total. The van der Waals surface area contributed by atoms with Gasteiger partial charge in [0.05, 0.1) is 26.4 Å². The number of ether oxygens (including phenoxy) is 4. The molecule has 0 heterocycles. The second-order valence-electron chi connectivity index (χ2n) is 26.7. The number of aliphatic hydroxyl groups excluding tert-OH is 1. The van der Waals surface area contributed by atoms with Crippen molar-refractivity contribution in [3.63, 3.8) is 0 Å². The van der Waals surface area contributed by atoms with Crippen LogP contribution in [0.15, 0.2) is 60.8 Å². The first-order valence-corrected chi connectivity index (χ1v) is 42.5. The maximum atomic E-state index is 13.1. The van der Waals surface area contributed by atoms with E-state index in [2.05, 4.69) is 88.5 Å². The summed E-state index contributed by atoms with van der Waals surface area (Å²) in [6.45, 7) is 4.84. The standard InChI is InChI=1S/C79H144O17P2/c1-5-9-13-17-21-25-29-33-34-35-36-37-38-42-44-48-52-56-60-64-77(82)90-70-75(96-79(84)66-62-58-54-50-46-41-32-28-24-20-16-12-8-4)72-94-98(87,88)92-68-73(80)67-91-97(85,86)93-71-74(95-78(83)65-61-57-53-49-45-40-31-27-23-19-15-11-7-3)69-89-76(81)63-59-55-51-47-43-39-30-26-22-18-14-10-6-2/h21,25-26,28,30,32-34,36-37,73-75,80H,5-20,22-24,27,29,31,35,38-72H2,1-4H3,(H,85,86)(H,87,88)/b25-21-,30-26-,32-28-,34-33-,37-36-. The fraction of sp³-hybridized carbons (Fsp3) is 0.823. The minimum Gasteiger partial charge on any atom is -0.462 e. The van der Waals surface area contributed by atoms with Crippen LogP contribution in [0.2, 0.25) is 0 Å². The van der Waals surface area contributed by atoms with Crippen molar-refractivity contribution in [1.29, 1.82) is 0 Å². The molecule has 0 aromatic carbocycles. The second-order valence-corrected chi connectivity index (χ2v) is 29.6. The van der Waals surface area contributed by atoms with Crippen LogP contribution in [-0.2, 0) is 65.4 Å². The van der Waals surface area contributed by atoms with E-state index in [0.717, 1.165) is 161 Å². The zero-order chi connectivity index (χ0) is 71.8. The van der Waals surface area contributed by atoms with Gasteiger partial charge in [-0.05, 0) is 116 Å². The molecule has 0 aliphatic heterocycles. The average molecular weight is 1430 g/mol. The van der Waals surface area contributed by atoms with Crippen molar-refractivity contribution in [1.82, 2.24) is 0 Å². The Hall–Kier alpha value is -3.24. The molecular weight excluding hydrogens is 1280 g/mol. The maximum Gasteiger partial charge on any atom is 0.472 e. The molecule has 0 spiro atoms. The number of esters is 4. The Morgan fingerprint density at radius 2 is 0.500 bits per heavy atom. The van der Waals surface area contributed by atoms with Crippen LogP contribution in [-0.4, -0.2) is 96.7 Å². The lowest BCUT2D eigenvalue weighted by atomic mass is 10.0. The van der Waals surface area contributed by atoms with E-state index in [1.807, 2.05) is 0 Å². The number of unbranched alkanes of at least 4 members (excludes halogenated alkanes) is 39. The molecule has 0 rings (SSSR count). The normalized spacial score (nSPS) is 14.2. The number of aliphatic hydroxyl groups is 1.